The molecule has 152 valence electrons. The van der Waals surface area contributed by atoms with Crippen LogP contribution in [0, 0.1) is 12.8 Å². The number of halogens is 2. The molecule has 0 heterocycles. The number of nitrogens with one attached hydrogen (secondary N) is 1. The molecule has 0 aliphatic heterocycles. The van der Waals surface area contributed by atoms with Gasteiger partial charge in [-0.25, -0.2) is 8.42 Å². The average Bonchev–Trinajstić information content (AvgIpc) is 2.62. The first-order valence-electron chi connectivity index (χ1n) is 8.86. The molecule has 0 spiro atoms. The van der Waals surface area contributed by atoms with Crippen LogP contribution in [-0.4, -0.2) is 26.9 Å². The molecule has 1 amide bonds. The van der Waals surface area contributed by atoms with Gasteiger partial charge in [-0.1, -0.05) is 54.7 Å². The zero-order valence-electron chi connectivity index (χ0n) is 16.2. The molecule has 0 aliphatic carbocycles. The van der Waals surface area contributed by atoms with Gasteiger partial charge in [0.1, 0.15) is 6.54 Å². The average molecular weight is 443 g/mol. The maximum absolute atomic E-state index is 13.3. The Bertz CT molecular complexity index is 944. The fraction of sp³-hybridized carbons (Fsp3) is 0.350. The molecule has 2 rings (SSSR count). The van der Waals surface area contributed by atoms with Crippen LogP contribution in [0.1, 0.15) is 26.3 Å². The summed E-state index contributed by atoms with van der Waals surface area (Å²) in [6.07, 6.45) is 0. The van der Waals surface area contributed by atoms with Gasteiger partial charge in [0, 0.05) is 6.04 Å². The van der Waals surface area contributed by atoms with Crippen molar-refractivity contribution < 1.29 is 13.2 Å². The van der Waals surface area contributed by atoms with Crippen LogP contribution in [0.5, 0.6) is 0 Å². The lowest BCUT2D eigenvalue weighted by molar-refractivity contribution is -0.120. The van der Waals surface area contributed by atoms with Crippen molar-refractivity contribution in [2.45, 2.75) is 38.6 Å². The van der Waals surface area contributed by atoms with E-state index in [1.165, 1.54) is 30.3 Å². The molecule has 0 aromatic heterocycles. The Balaban J connectivity index is 2.44. The van der Waals surface area contributed by atoms with E-state index in [2.05, 4.69) is 5.32 Å². The molecule has 2 aromatic carbocycles. The molecule has 0 saturated heterocycles. The number of carbonyl (C=O) groups excluding carboxylic acids is 1. The molecule has 1 unspecified atom stereocenters. The third kappa shape index (κ3) is 5.40. The van der Waals surface area contributed by atoms with Gasteiger partial charge in [0.2, 0.25) is 5.91 Å². The van der Waals surface area contributed by atoms with Crippen LogP contribution in [0.25, 0.3) is 0 Å². The minimum absolute atomic E-state index is 0.0916. The lowest BCUT2D eigenvalue weighted by Crippen LogP contribution is -2.45. The lowest BCUT2D eigenvalue weighted by atomic mass is 10.1. The van der Waals surface area contributed by atoms with E-state index in [1.807, 2.05) is 27.7 Å². The number of benzene rings is 2. The largest absolute Gasteiger partial charge is 0.352 e. The van der Waals surface area contributed by atoms with Crippen molar-refractivity contribution in [3.63, 3.8) is 0 Å². The smallest absolute Gasteiger partial charge is 0.264 e. The van der Waals surface area contributed by atoms with E-state index >= 15 is 0 Å². The summed E-state index contributed by atoms with van der Waals surface area (Å²) in [5, 5.41) is 3.34. The van der Waals surface area contributed by atoms with Crippen molar-refractivity contribution >= 4 is 44.8 Å². The van der Waals surface area contributed by atoms with E-state index in [9.17, 15) is 13.2 Å². The Morgan fingerprint density at radius 3 is 2.18 bits per heavy atom. The van der Waals surface area contributed by atoms with Gasteiger partial charge in [-0.05, 0) is 50.1 Å². The summed E-state index contributed by atoms with van der Waals surface area (Å²) in [6, 6.07) is 10.8. The Hall–Kier alpha value is -1.76. The highest BCUT2D eigenvalue weighted by molar-refractivity contribution is 7.92. The third-order valence-electron chi connectivity index (χ3n) is 4.48. The first kappa shape index (κ1) is 22.5. The van der Waals surface area contributed by atoms with Crippen LogP contribution >= 0.6 is 23.2 Å². The molecular weight excluding hydrogens is 419 g/mol. The van der Waals surface area contributed by atoms with Gasteiger partial charge in [-0.3, -0.25) is 9.10 Å². The first-order chi connectivity index (χ1) is 13.0. The normalized spacial score (nSPS) is 12.7. The van der Waals surface area contributed by atoms with Crippen LogP contribution in [-0.2, 0) is 14.8 Å². The summed E-state index contributed by atoms with van der Waals surface area (Å²) in [5.74, 6) is -0.181. The zero-order chi connectivity index (χ0) is 21.1. The zero-order valence-corrected chi connectivity index (χ0v) is 18.6. The van der Waals surface area contributed by atoms with Gasteiger partial charge in [-0.15, -0.1) is 0 Å². The molecule has 0 bridgehead atoms. The number of anilines is 1. The summed E-state index contributed by atoms with van der Waals surface area (Å²) < 4.78 is 27.6. The van der Waals surface area contributed by atoms with Crippen molar-refractivity contribution in [1.82, 2.24) is 5.32 Å². The monoisotopic (exact) mass is 442 g/mol. The summed E-state index contributed by atoms with van der Waals surface area (Å²) in [5.41, 5.74) is 1.20. The minimum Gasteiger partial charge on any atom is -0.352 e. The van der Waals surface area contributed by atoms with Gasteiger partial charge in [-0.2, -0.15) is 0 Å². The fourth-order valence-electron chi connectivity index (χ4n) is 2.39. The SMILES string of the molecule is Cc1ccc(S(=O)(=O)N(CC(=O)NC(C)C(C)C)c2ccc(Cl)c(Cl)c2)cc1. The summed E-state index contributed by atoms with van der Waals surface area (Å²) in [7, 11) is -3.98. The standard InChI is InChI=1S/C20H24Cl2N2O3S/c1-13(2)15(4)23-20(25)12-24(16-7-10-18(21)19(22)11-16)28(26,27)17-8-5-14(3)6-9-17/h5-11,13,15H,12H2,1-4H3,(H,23,25). The van der Waals surface area contributed by atoms with Gasteiger partial charge in [0.05, 0.1) is 20.6 Å². The van der Waals surface area contributed by atoms with Crippen LogP contribution in [0.4, 0.5) is 5.69 Å². The van der Waals surface area contributed by atoms with Gasteiger partial charge in [0.25, 0.3) is 10.0 Å². The third-order valence-corrected chi connectivity index (χ3v) is 7.00. The van der Waals surface area contributed by atoms with Crippen molar-refractivity contribution in [2.24, 2.45) is 5.92 Å². The Morgan fingerprint density at radius 1 is 1.04 bits per heavy atom. The van der Waals surface area contributed by atoms with E-state index in [1.54, 1.807) is 12.1 Å². The molecule has 0 radical (unpaired) electrons. The number of sulfonamides is 1. The van der Waals surface area contributed by atoms with Crippen LogP contribution < -0.4 is 9.62 Å². The van der Waals surface area contributed by atoms with Crippen LogP contribution in [0.2, 0.25) is 10.0 Å². The van der Waals surface area contributed by atoms with E-state index in [4.69, 9.17) is 23.2 Å². The highest BCUT2D eigenvalue weighted by Crippen LogP contribution is 2.30. The van der Waals surface area contributed by atoms with Crippen LogP contribution in [0.3, 0.4) is 0 Å². The number of rotatable bonds is 7. The lowest BCUT2D eigenvalue weighted by Gasteiger charge is -2.26. The molecule has 1 atom stereocenters. The van der Waals surface area contributed by atoms with Crippen molar-refractivity contribution in [3.8, 4) is 0 Å². The predicted molar refractivity (Wildman–Crippen MR) is 115 cm³/mol. The molecule has 0 saturated carbocycles. The minimum atomic E-state index is -3.98. The summed E-state index contributed by atoms with van der Waals surface area (Å²) >= 11 is 12.0. The molecule has 1 N–H and O–H groups in total. The second-order valence-corrected chi connectivity index (χ2v) is 9.70. The predicted octanol–water partition coefficient (Wildman–Crippen LogP) is 4.66. The second-order valence-electron chi connectivity index (χ2n) is 7.02. The number of amides is 1. The number of hydrogen-bond donors (Lipinski definition) is 1. The molecule has 8 heteroatoms. The highest BCUT2D eigenvalue weighted by atomic mass is 35.5. The quantitative estimate of drug-likeness (QED) is 0.677. The number of hydrogen-bond acceptors (Lipinski definition) is 3. The van der Waals surface area contributed by atoms with Gasteiger partial charge in [0.15, 0.2) is 0 Å². The molecular formula is C20H24Cl2N2O3S. The fourth-order valence-corrected chi connectivity index (χ4v) is 4.09. The van der Waals surface area contributed by atoms with Crippen LogP contribution in [0.15, 0.2) is 47.4 Å². The molecule has 0 aliphatic rings. The van der Waals surface area contributed by atoms with Gasteiger partial charge < -0.3 is 5.32 Å². The maximum atomic E-state index is 13.3. The van der Waals surface area contributed by atoms with E-state index in [-0.39, 0.29) is 34.1 Å². The Labute approximate surface area is 176 Å². The number of aryl methyl sites for hydroxylation is 1. The van der Waals surface area contributed by atoms with Crippen molar-refractivity contribution in [3.05, 3.63) is 58.1 Å². The summed E-state index contributed by atoms with van der Waals surface area (Å²) in [6.45, 7) is 7.33. The van der Waals surface area contributed by atoms with E-state index in [0.29, 0.717) is 5.02 Å². The van der Waals surface area contributed by atoms with Crippen molar-refractivity contribution in [2.75, 3.05) is 10.8 Å². The first-order valence-corrected chi connectivity index (χ1v) is 11.1. The van der Waals surface area contributed by atoms with Gasteiger partial charge >= 0.3 is 0 Å². The maximum Gasteiger partial charge on any atom is 0.264 e. The number of nitrogens with zero attached hydrogens (tertiary/aromatic N) is 1. The summed E-state index contributed by atoms with van der Waals surface area (Å²) in [4.78, 5) is 12.6. The topological polar surface area (TPSA) is 66.5 Å². The number of carbonyl (C=O) groups is 1. The Morgan fingerprint density at radius 2 is 1.64 bits per heavy atom. The highest BCUT2D eigenvalue weighted by Gasteiger charge is 2.28. The Kier molecular flexibility index (Phi) is 7.37. The molecule has 28 heavy (non-hydrogen) atoms. The molecule has 2 aromatic rings. The molecule has 0 fully saturated rings. The second kappa shape index (κ2) is 9.16. The van der Waals surface area contributed by atoms with Crippen molar-refractivity contribution in [1.29, 1.82) is 0 Å². The van der Waals surface area contributed by atoms with E-state index < -0.39 is 15.9 Å². The van der Waals surface area contributed by atoms with E-state index in [0.717, 1.165) is 9.87 Å². The molecule has 5 nitrogen and oxygen atoms in total.